The Labute approximate surface area is 121 Å². The quantitative estimate of drug-likeness (QED) is 0.891. The fourth-order valence-corrected chi connectivity index (χ4v) is 2.74. The van der Waals surface area contributed by atoms with Crippen molar-refractivity contribution in [2.24, 2.45) is 5.73 Å². The van der Waals surface area contributed by atoms with Crippen LogP contribution >= 0.6 is 0 Å². The maximum absolute atomic E-state index is 12.3. The number of likely N-dealkylation sites (N-methyl/N-ethyl adjacent to an activating group) is 1. The number of nitrogens with zero attached hydrogens (tertiary/aromatic N) is 2. The van der Waals surface area contributed by atoms with Gasteiger partial charge in [-0.25, -0.2) is 0 Å². The molecule has 1 aliphatic rings. The van der Waals surface area contributed by atoms with Gasteiger partial charge in [-0.2, -0.15) is 0 Å². The molecule has 0 aromatic heterocycles. The summed E-state index contributed by atoms with van der Waals surface area (Å²) in [7, 11) is 1.87. The van der Waals surface area contributed by atoms with E-state index in [0.717, 1.165) is 13.0 Å². The second kappa shape index (κ2) is 6.27. The minimum Gasteiger partial charge on any atom is -0.361 e. The number of fused-ring (bicyclic) bond motifs is 1. The van der Waals surface area contributed by atoms with Gasteiger partial charge in [0.2, 0.25) is 5.91 Å². The van der Waals surface area contributed by atoms with Gasteiger partial charge in [-0.1, -0.05) is 18.2 Å². The number of hydrogen-bond acceptors (Lipinski definition) is 3. The third-order valence-corrected chi connectivity index (χ3v) is 4.17. The van der Waals surface area contributed by atoms with Gasteiger partial charge in [0.25, 0.3) is 0 Å². The van der Waals surface area contributed by atoms with Crippen LogP contribution in [0.3, 0.4) is 0 Å². The molecule has 2 rings (SSSR count). The predicted octanol–water partition coefficient (Wildman–Crippen LogP) is 1.81. The number of benzene rings is 1. The summed E-state index contributed by atoms with van der Waals surface area (Å²) in [6, 6.07) is 8.60. The molecule has 1 aromatic carbocycles. The molecule has 0 saturated carbocycles. The zero-order chi connectivity index (χ0) is 14.7. The van der Waals surface area contributed by atoms with Gasteiger partial charge in [0, 0.05) is 31.2 Å². The summed E-state index contributed by atoms with van der Waals surface area (Å²) in [6.45, 7) is 6.10. The Hall–Kier alpha value is -1.55. The Morgan fingerprint density at radius 3 is 2.80 bits per heavy atom. The molecule has 1 aliphatic heterocycles. The van der Waals surface area contributed by atoms with Gasteiger partial charge < -0.3 is 15.5 Å². The van der Waals surface area contributed by atoms with Gasteiger partial charge in [0.15, 0.2) is 0 Å². The summed E-state index contributed by atoms with van der Waals surface area (Å²) in [6.07, 6.45) is 0.974. The Balaban J connectivity index is 2.13. The Bertz CT molecular complexity index is 473. The number of nitrogens with two attached hydrogens (primary N) is 1. The number of carbonyl (C=O) groups is 1. The van der Waals surface area contributed by atoms with Gasteiger partial charge in [-0.15, -0.1) is 0 Å². The highest BCUT2D eigenvalue weighted by Crippen LogP contribution is 2.37. The van der Waals surface area contributed by atoms with E-state index in [0.29, 0.717) is 19.0 Å². The highest BCUT2D eigenvalue weighted by molar-refractivity contribution is 5.82. The molecule has 0 bridgehead atoms. The number of carbonyl (C=O) groups excluding carboxylic acids is 1. The van der Waals surface area contributed by atoms with E-state index in [2.05, 4.69) is 23.1 Å². The maximum atomic E-state index is 12.3. The van der Waals surface area contributed by atoms with Crippen molar-refractivity contribution in [3.05, 3.63) is 29.8 Å². The van der Waals surface area contributed by atoms with Crippen LogP contribution in [0.4, 0.5) is 5.69 Å². The van der Waals surface area contributed by atoms with Crippen LogP contribution in [-0.2, 0) is 4.79 Å². The molecule has 4 heteroatoms. The summed E-state index contributed by atoms with van der Waals surface area (Å²) >= 11 is 0. The van der Waals surface area contributed by atoms with Crippen LogP contribution in [0.25, 0.3) is 0 Å². The van der Waals surface area contributed by atoms with Gasteiger partial charge in [0.05, 0.1) is 6.54 Å². The SMILES string of the molecule is CC(C)N(C)C(=O)CN1CC(CCN)c2ccccc21. The molecule has 1 heterocycles. The molecule has 1 unspecified atom stereocenters. The Kier molecular flexibility index (Phi) is 4.65. The van der Waals surface area contributed by atoms with E-state index in [-0.39, 0.29) is 11.9 Å². The fraction of sp³-hybridized carbons (Fsp3) is 0.562. The molecule has 0 spiro atoms. The predicted molar refractivity (Wildman–Crippen MR) is 83.0 cm³/mol. The van der Waals surface area contributed by atoms with Crippen molar-refractivity contribution in [1.82, 2.24) is 4.90 Å². The average Bonchev–Trinajstić information content (AvgIpc) is 2.77. The van der Waals surface area contributed by atoms with Crippen LogP contribution in [0.15, 0.2) is 24.3 Å². The fourth-order valence-electron chi connectivity index (χ4n) is 2.74. The molecule has 1 atom stereocenters. The summed E-state index contributed by atoms with van der Waals surface area (Å²) in [4.78, 5) is 16.3. The standard InChI is InChI=1S/C16H25N3O/c1-12(2)18(3)16(20)11-19-10-13(8-9-17)14-6-4-5-7-15(14)19/h4-7,12-13H,8-11,17H2,1-3H3. The first-order chi connectivity index (χ1) is 9.54. The van der Waals surface area contributed by atoms with E-state index in [9.17, 15) is 4.79 Å². The van der Waals surface area contributed by atoms with Gasteiger partial charge >= 0.3 is 0 Å². The number of rotatable bonds is 5. The molecule has 2 N–H and O–H groups in total. The third kappa shape index (κ3) is 2.96. The molecule has 0 aliphatic carbocycles. The average molecular weight is 275 g/mol. The lowest BCUT2D eigenvalue weighted by molar-refractivity contribution is -0.129. The minimum absolute atomic E-state index is 0.170. The minimum atomic E-state index is 0.170. The summed E-state index contributed by atoms with van der Waals surface area (Å²) in [5.41, 5.74) is 8.23. The largest absolute Gasteiger partial charge is 0.361 e. The second-order valence-corrected chi connectivity index (χ2v) is 5.81. The van der Waals surface area contributed by atoms with Crippen LogP contribution in [0.5, 0.6) is 0 Å². The molecule has 0 fully saturated rings. The number of hydrogen-bond donors (Lipinski definition) is 1. The molecule has 110 valence electrons. The van der Waals surface area contributed by atoms with E-state index < -0.39 is 0 Å². The van der Waals surface area contributed by atoms with E-state index in [4.69, 9.17) is 5.73 Å². The highest BCUT2D eigenvalue weighted by Gasteiger charge is 2.29. The number of amides is 1. The van der Waals surface area contributed by atoms with E-state index in [1.807, 2.05) is 27.0 Å². The van der Waals surface area contributed by atoms with Crippen molar-refractivity contribution in [3.63, 3.8) is 0 Å². The molecule has 0 radical (unpaired) electrons. The van der Waals surface area contributed by atoms with Crippen molar-refractivity contribution in [3.8, 4) is 0 Å². The van der Waals surface area contributed by atoms with Crippen molar-refractivity contribution in [2.75, 3.05) is 31.6 Å². The van der Waals surface area contributed by atoms with Crippen molar-refractivity contribution < 1.29 is 4.79 Å². The summed E-state index contributed by atoms with van der Waals surface area (Å²) < 4.78 is 0. The van der Waals surface area contributed by atoms with Crippen LogP contribution in [0, 0.1) is 0 Å². The molecule has 1 amide bonds. The van der Waals surface area contributed by atoms with Crippen molar-refractivity contribution >= 4 is 11.6 Å². The first-order valence-corrected chi connectivity index (χ1v) is 7.34. The highest BCUT2D eigenvalue weighted by atomic mass is 16.2. The topological polar surface area (TPSA) is 49.6 Å². The van der Waals surface area contributed by atoms with Crippen LogP contribution < -0.4 is 10.6 Å². The lowest BCUT2D eigenvalue weighted by Gasteiger charge is -2.26. The number of anilines is 1. The van der Waals surface area contributed by atoms with Crippen LogP contribution in [0.1, 0.15) is 31.7 Å². The molecular weight excluding hydrogens is 250 g/mol. The third-order valence-electron chi connectivity index (χ3n) is 4.17. The van der Waals surface area contributed by atoms with Gasteiger partial charge in [-0.05, 0) is 38.4 Å². The zero-order valence-electron chi connectivity index (χ0n) is 12.7. The van der Waals surface area contributed by atoms with Gasteiger partial charge in [0.1, 0.15) is 0 Å². The second-order valence-electron chi connectivity index (χ2n) is 5.81. The molecular formula is C16H25N3O. The molecule has 20 heavy (non-hydrogen) atoms. The first kappa shape index (κ1) is 14.9. The molecule has 1 aromatic rings. The summed E-state index contributed by atoms with van der Waals surface area (Å²) in [5, 5.41) is 0. The van der Waals surface area contributed by atoms with E-state index >= 15 is 0 Å². The lowest BCUT2D eigenvalue weighted by Crippen LogP contribution is -2.41. The van der Waals surface area contributed by atoms with Crippen molar-refractivity contribution in [1.29, 1.82) is 0 Å². The van der Waals surface area contributed by atoms with E-state index in [1.54, 1.807) is 4.90 Å². The Morgan fingerprint density at radius 2 is 2.15 bits per heavy atom. The summed E-state index contributed by atoms with van der Waals surface area (Å²) in [5.74, 6) is 0.622. The maximum Gasteiger partial charge on any atom is 0.242 e. The van der Waals surface area contributed by atoms with Crippen LogP contribution in [0.2, 0.25) is 0 Å². The zero-order valence-corrected chi connectivity index (χ0v) is 12.7. The van der Waals surface area contributed by atoms with Gasteiger partial charge in [-0.3, -0.25) is 4.79 Å². The lowest BCUT2D eigenvalue weighted by atomic mass is 9.98. The van der Waals surface area contributed by atoms with Crippen LogP contribution in [-0.4, -0.2) is 43.5 Å². The smallest absolute Gasteiger partial charge is 0.242 e. The molecule has 0 saturated heterocycles. The van der Waals surface area contributed by atoms with E-state index in [1.165, 1.54) is 11.3 Å². The van der Waals surface area contributed by atoms with Crippen molar-refractivity contribution in [2.45, 2.75) is 32.2 Å². The number of para-hydroxylation sites is 1. The normalized spacial score (nSPS) is 17.4. The molecule has 4 nitrogen and oxygen atoms in total. The Morgan fingerprint density at radius 1 is 1.45 bits per heavy atom. The monoisotopic (exact) mass is 275 g/mol. The first-order valence-electron chi connectivity index (χ1n) is 7.34.